The van der Waals surface area contributed by atoms with Gasteiger partial charge in [-0.3, -0.25) is 4.79 Å². The third kappa shape index (κ3) is 5.04. The predicted octanol–water partition coefficient (Wildman–Crippen LogP) is 4.40. The summed E-state index contributed by atoms with van der Waals surface area (Å²) in [6.45, 7) is 2.59. The Bertz CT molecular complexity index is 634. The summed E-state index contributed by atoms with van der Waals surface area (Å²) in [5, 5.41) is 3.34. The molecule has 0 spiro atoms. The average Bonchev–Trinajstić information content (AvgIpc) is 2.52. The van der Waals surface area contributed by atoms with Gasteiger partial charge in [-0.25, -0.2) is 0 Å². The van der Waals surface area contributed by atoms with Crippen LogP contribution in [-0.2, 0) is 4.79 Å². The summed E-state index contributed by atoms with van der Waals surface area (Å²) < 4.78 is 6.29. The predicted molar refractivity (Wildman–Crippen MR) is 92.5 cm³/mol. The molecule has 116 valence electrons. The molecule has 0 radical (unpaired) electrons. The van der Waals surface area contributed by atoms with Gasteiger partial charge in [0.15, 0.2) is 6.61 Å². The van der Waals surface area contributed by atoms with Crippen LogP contribution in [0.5, 0.6) is 5.75 Å². The number of hydrogen-bond donors (Lipinski definition) is 1. The Morgan fingerprint density at radius 3 is 2.68 bits per heavy atom. The molecule has 1 amide bonds. The van der Waals surface area contributed by atoms with Crippen LogP contribution in [0.2, 0.25) is 5.02 Å². The van der Waals surface area contributed by atoms with Crippen LogP contribution >= 0.6 is 27.5 Å². The minimum Gasteiger partial charge on any atom is -0.482 e. The van der Waals surface area contributed by atoms with E-state index >= 15 is 0 Å². The number of carbonyl (C=O) groups excluding carboxylic acids is 1. The second-order valence-corrected chi connectivity index (χ2v) is 6.30. The number of halogens is 2. The molecule has 0 aliphatic heterocycles. The summed E-state index contributed by atoms with van der Waals surface area (Å²) in [5.41, 5.74) is 1.19. The number of benzene rings is 2. The van der Waals surface area contributed by atoms with Crippen molar-refractivity contribution in [3.05, 3.63) is 63.6 Å². The van der Waals surface area contributed by atoms with E-state index in [1.54, 1.807) is 12.1 Å². The number of hydrogen-bond acceptors (Lipinski definition) is 2. The van der Waals surface area contributed by atoms with Crippen LogP contribution in [0.25, 0.3) is 0 Å². The fraction of sp³-hybridized carbons (Fsp3) is 0.235. The van der Waals surface area contributed by atoms with Crippen molar-refractivity contribution in [1.82, 2.24) is 5.32 Å². The summed E-state index contributed by atoms with van der Waals surface area (Å²) >= 11 is 9.35. The highest BCUT2D eigenvalue weighted by atomic mass is 79.9. The lowest BCUT2D eigenvalue weighted by molar-refractivity contribution is -0.123. The van der Waals surface area contributed by atoms with Crippen LogP contribution < -0.4 is 10.1 Å². The second kappa shape index (κ2) is 8.20. The van der Waals surface area contributed by atoms with Gasteiger partial charge in [-0.15, -0.1) is 0 Å². The molecule has 2 rings (SSSR count). The van der Waals surface area contributed by atoms with Gasteiger partial charge < -0.3 is 10.1 Å². The van der Waals surface area contributed by atoms with E-state index in [-0.39, 0.29) is 18.4 Å². The maximum atomic E-state index is 11.8. The molecule has 0 aliphatic rings. The fourth-order valence-corrected chi connectivity index (χ4v) is 2.68. The van der Waals surface area contributed by atoms with Crippen molar-refractivity contribution in [3.63, 3.8) is 0 Å². The summed E-state index contributed by atoms with van der Waals surface area (Å²) in [7, 11) is 0. The number of nitrogens with one attached hydrogen (secondary N) is 1. The van der Waals surface area contributed by atoms with E-state index in [2.05, 4.69) is 40.3 Å². The van der Waals surface area contributed by atoms with E-state index in [0.29, 0.717) is 17.3 Å². The smallest absolute Gasteiger partial charge is 0.257 e. The highest BCUT2D eigenvalue weighted by Gasteiger charge is 2.09. The molecule has 2 aromatic rings. The van der Waals surface area contributed by atoms with Crippen molar-refractivity contribution in [2.75, 3.05) is 13.2 Å². The molecule has 3 nitrogen and oxygen atoms in total. The Hall–Kier alpha value is -1.52. The molecule has 0 aliphatic carbocycles. The monoisotopic (exact) mass is 381 g/mol. The van der Waals surface area contributed by atoms with Crippen LogP contribution in [0, 0.1) is 0 Å². The van der Waals surface area contributed by atoms with Crippen LogP contribution in [-0.4, -0.2) is 19.1 Å². The largest absolute Gasteiger partial charge is 0.482 e. The minimum absolute atomic E-state index is 0.0527. The lowest BCUT2D eigenvalue weighted by Gasteiger charge is -2.13. The third-order valence-corrected chi connectivity index (χ3v) is 4.02. The maximum Gasteiger partial charge on any atom is 0.257 e. The van der Waals surface area contributed by atoms with Crippen LogP contribution in [0.4, 0.5) is 0 Å². The first-order chi connectivity index (χ1) is 10.6. The van der Waals surface area contributed by atoms with Crippen LogP contribution in [0.3, 0.4) is 0 Å². The van der Waals surface area contributed by atoms with Gasteiger partial charge in [-0.05, 0) is 29.7 Å². The van der Waals surface area contributed by atoms with Crippen molar-refractivity contribution in [2.45, 2.75) is 12.8 Å². The van der Waals surface area contributed by atoms with Gasteiger partial charge in [0, 0.05) is 11.0 Å². The third-order valence-electron chi connectivity index (χ3n) is 3.23. The number of carbonyl (C=O) groups is 1. The Morgan fingerprint density at radius 1 is 1.27 bits per heavy atom. The second-order valence-electron chi connectivity index (χ2n) is 4.98. The normalized spacial score (nSPS) is 11.8. The van der Waals surface area contributed by atoms with Gasteiger partial charge in [0.25, 0.3) is 5.91 Å². The molecular weight excluding hydrogens is 366 g/mol. The lowest BCUT2D eigenvalue weighted by Crippen LogP contribution is -2.31. The number of ether oxygens (including phenoxy) is 1. The zero-order chi connectivity index (χ0) is 15.9. The van der Waals surface area contributed by atoms with Crippen LogP contribution in [0.15, 0.2) is 53.0 Å². The van der Waals surface area contributed by atoms with E-state index in [1.807, 2.05) is 24.3 Å². The van der Waals surface area contributed by atoms with Crippen molar-refractivity contribution in [1.29, 1.82) is 0 Å². The van der Waals surface area contributed by atoms with Gasteiger partial charge in [0.1, 0.15) is 5.75 Å². The maximum absolute atomic E-state index is 11.8. The van der Waals surface area contributed by atoms with E-state index in [9.17, 15) is 4.79 Å². The first kappa shape index (κ1) is 16.8. The molecule has 1 unspecified atom stereocenters. The van der Waals surface area contributed by atoms with Gasteiger partial charge in [-0.1, -0.05) is 64.8 Å². The van der Waals surface area contributed by atoms with Crippen molar-refractivity contribution >= 4 is 33.4 Å². The molecule has 1 atom stereocenters. The van der Waals surface area contributed by atoms with Crippen molar-refractivity contribution in [3.8, 4) is 5.75 Å². The molecule has 0 saturated heterocycles. The van der Waals surface area contributed by atoms with E-state index in [4.69, 9.17) is 16.3 Å². The summed E-state index contributed by atoms with van der Waals surface area (Å²) in [5.74, 6) is 0.583. The van der Waals surface area contributed by atoms with Crippen molar-refractivity contribution in [2.24, 2.45) is 0 Å². The minimum atomic E-state index is -0.165. The van der Waals surface area contributed by atoms with Crippen LogP contribution in [0.1, 0.15) is 18.4 Å². The summed E-state index contributed by atoms with van der Waals surface area (Å²) in [6.07, 6.45) is 0. The molecule has 0 bridgehead atoms. The number of rotatable bonds is 6. The van der Waals surface area contributed by atoms with E-state index in [0.717, 1.165) is 4.47 Å². The van der Waals surface area contributed by atoms with E-state index < -0.39 is 0 Å². The topological polar surface area (TPSA) is 38.3 Å². The molecule has 22 heavy (non-hydrogen) atoms. The fourth-order valence-electron chi connectivity index (χ4n) is 1.95. The molecule has 0 heterocycles. The van der Waals surface area contributed by atoms with Gasteiger partial charge >= 0.3 is 0 Å². The first-order valence-corrected chi connectivity index (χ1v) is 8.13. The van der Waals surface area contributed by atoms with E-state index in [1.165, 1.54) is 5.56 Å². The molecule has 5 heteroatoms. The van der Waals surface area contributed by atoms with Gasteiger partial charge in [0.05, 0.1) is 5.02 Å². The Balaban J connectivity index is 1.78. The zero-order valence-electron chi connectivity index (χ0n) is 12.2. The number of amides is 1. The Labute approximate surface area is 143 Å². The summed E-state index contributed by atoms with van der Waals surface area (Å²) in [4.78, 5) is 11.8. The molecule has 0 fully saturated rings. The molecule has 2 aromatic carbocycles. The lowest BCUT2D eigenvalue weighted by atomic mass is 10.0. The molecule has 1 N–H and O–H groups in total. The molecule has 0 aromatic heterocycles. The van der Waals surface area contributed by atoms with Crippen molar-refractivity contribution < 1.29 is 9.53 Å². The zero-order valence-corrected chi connectivity index (χ0v) is 14.5. The Kier molecular flexibility index (Phi) is 6.28. The molecule has 0 saturated carbocycles. The summed E-state index contributed by atoms with van der Waals surface area (Å²) in [6, 6.07) is 15.3. The van der Waals surface area contributed by atoms with Gasteiger partial charge in [-0.2, -0.15) is 0 Å². The average molecular weight is 383 g/mol. The highest BCUT2D eigenvalue weighted by Crippen LogP contribution is 2.27. The first-order valence-electron chi connectivity index (χ1n) is 6.95. The quantitative estimate of drug-likeness (QED) is 0.804. The standard InChI is InChI=1S/C17H17BrClNO2/c1-12(13-5-3-2-4-6-13)10-20-17(21)11-22-16-8-7-14(18)9-15(16)19/h2-9,12H,10-11H2,1H3,(H,20,21). The highest BCUT2D eigenvalue weighted by molar-refractivity contribution is 9.10. The Morgan fingerprint density at radius 2 is 2.00 bits per heavy atom. The molecular formula is C17H17BrClNO2. The SMILES string of the molecule is CC(CNC(=O)COc1ccc(Br)cc1Cl)c1ccccc1. The van der Waals surface area contributed by atoms with Gasteiger partial charge in [0.2, 0.25) is 0 Å².